The van der Waals surface area contributed by atoms with Gasteiger partial charge in [0.1, 0.15) is 17.3 Å². The molecule has 0 saturated carbocycles. The number of rotatable bonds is 7. The Hall–Kier alpha value is -4.98. The van der Waals surface area contributed by atoms with Crippen LogP contribution in [0.5, 0.6) is 0 Å². The highest BCUT2D eigenvalue weighted by atomic mass is 19.1. The van der Waals surface area contributed by atoms with E-state index in [2.05, 4.69) is 21.8 Å². The van der Waals surface area contributed by atoms with E-state index in [1.54, 1.807) is 4.90 Å². The fraction of sp³-hybridized carbons (Fsp3) is 0.429. The molecule has 258 valence electrons. The fourth-order valence-corrected chi connectivity index (χ4v) is 6.61. The Kier molecular flexibility index (Phi) is 9.34. The number of nitrogens with one attached hydrogen (secondary N) is 1. The molecule has 3 N–H and O–H groups in total. The molecule has 49 heavy (non-hydrogen) atoms. The third-order valence-corrected chi connectivity index (χ3v) is 9.11. The zero-order chi connectivity index (χ0) is 35.1. The van der Waals surface area contributed by atoms with E-state index in [1.807, 2.05) is 39.5 Å². The van der Waals surface area contributed by atoms with Gasteiger partial charge in [-0.3, -0.25) is 4.79 Å². The van der Waals surface area contributed by atoms with Gasteiger partial charge in [-0.15, -0.1) is 0 Å². The van der Waals surface area contributed by atoms with Crippen molar-refractivity contribution in [1.29, 1.82) is 0 Å². The Bertz CT molecular complexity index is 1940. The number of benzene rings is 1. The molecule has 14 heteroatoms. The number of nitrogens with zero attached hydrogens (tertiary/aromatic N) is 8. The van der Waals surface area contributed by atoms with Gasteiger partial charge in [-0.25, -0.2) is 33.1 Å². The summed E-state index contributed by atoms with van der Waals surface area (Å²) in [6.45, 7) is 17.5. The monoisotopic (exact) mass is 672 g/mol. The number of aromatic nitrogens is 5. The van der Waals surface area contributed by atoms with E-state index in [4.69, 9.17) is 20.7 Å². The maximum Gasteiger partial charge on any atom is 0.355 e. The molecule has 0 unspecified atom stereocenters. The number of nitrogen functional groups attached to an aromatic ring is 1. The lowest BCUT2D eigenvalue weighted by molar-refractivity contribution is -0.126. The van der Waals surface area contributed by atoms with Crippen molar-refractivity contribution in [1.82, 2.24) is 34.7 Å². The summed E-state index contributed by atoms with van der Waals surface area (Å²) in [5.41, 5.74) is 6.65. The Labute approximate surface area is 283 Å². The van der Waals surface area contributed by atoms with Crippen LogP contribution in [-0.4, -0.2) is 87.2 Å². The quantitative estimate of drug-likeness (QED) is 0.219. The van der Waals surface area contributed by atoms with E-state index >= 15 is 8.78 Å². The summed E-state index contributed by atoms with van der Waals surface area (Å²) < 4.78 is 32.8. The van der Waals surface area contributed by atoms with Crippen LogP contribution in [0.25, 0.3) is 28.0 Å². The van der Waals surface area contributed by atoms with Gasteiger partial charge in [-0.2, -0.15) is 4.98 Å². The van der Waals surface area contributed by atoms with Crippen LogP contribution in [0.4, 0.5) is 26.2 Å². The minimum absolute atomic E-state index is 0.00000275. The van der Waals surface area contributed by atoms with Gasteiger partial charge >= 0.3 is 5.69 Å². The smallest absolute Gasteiger partial charge is 0.355 e. The largest absolute Gasteiger partial charge is 0.398 e. The maximum atomic E-state index is 16.2. The first-order chi connectivity index (χ1) is 23.4. The molecule has 5 heterocycles. The number of hydrogen-bond acceptors (Lipinski definition) is 10. The molecule has 2 fully saturated rings. The molecule has 2 aliphatic rings. The van der Waals surface area contributed by atoms with Crippen LogP contribution in [0.1, 0.15) is 57.8 Å². The molecule has 1 aromatic carbocycles. The number of fused-ring (bicyclic) bond motifs is 1. The molecular formula is C35H42F2N10O2. The van der Waals surface area contributed by atoms with E-state index in [0.29, 0.717) is 42.7 Å². The van der Waals surface area contributed by atoms with Gasteiger partial charge in [0.25, 0.3) is 0 Å². The first kappa shape index (κ1) is 33.9. The zero-order valence-electron chi connectivity index (χ0n) is 28.5. The molecule has 3 aromatic heterocycles. The van der Waals surface area contributed by atoms with Gasteiger partial charge in [0.05, 0.1) is 28.0 Å². The van der Waals surface area contributed by atoms with Crippen LogP contribution < -0.4 is 26.5 Å². The molecule has 0 spiro atoms. The first-order valence-corrected chi connectivity index (χ1v) is 16.6. The van der Waals surface area contributed by atoms with Gasteiger partial charge in [0.15, 0.2) is 11.5 Å². The lowest BCUT2D eigenvalue weighted by Crippen LogP contribution is -2.54. The van der Waals surface area contributed by atoms with Crippen molar-refractivity contribution >= 4 is 34.4 Å². The molecule has 0 radical (unpaired) electrons. The number of hydrogen-bond donors (Lipinski definition) is 2. The van der Waals surface area contributed by atoms with Crippen molar-refractivity contribution in [3.05, 3.63) is 70.4 Å². The third kappa shape index (κ3) is 6.20. The molecule has 0 aliphatic carbocycles. The molecule has 2 saturated heterocycles. The van der Waals surface area contributed by atoms with E-state index in [1.165, 1.54) is 34.9 Å². The average molecular weight is 673 g/mol. The van der Waals surface area contributed by atoms with Crippen LogP contribution in [0.15, 0.2) is 41.7 Å². The maximum absolute atomic E-state index is 16.2. The number of nitrogens with two attached hydrogens (primary N) is 1. The molecule has 12 nitrogen and oxygen atoms in total. The normalized spacial score (nSPS) is 17.0. The van der Waals surface area contributed by atoms with Crippen molar-refractivity contribution in [2.24, 2.45) is 0 Å². The van der Waals surface area contributed by atoms with Gasteiger partial charge in [0, 0.05) is 57.5 Å². The number of carbonyl (C=O) groups is 1. The summed E-state index contributed by atoms with van der Waals surface area (Å²) in [5, 5.41) is 3.59. The topological polar surface area (TPSA) is 138 Å². The second-order valence-corrected chi connectivity index (χ2v) is 13.2. The summed E-state index contributed by atoms with van der Waals surface area (Å²) in [6.07, 6.45) is 1.26. The van der Waals surface area contributed by atoms with E-state index < -0.39 is 17.3 Å². The Morgan fingerprint density at radius 1 is 1.00 bits per heavy atom. The minimum atomic E-state index is -0.829. The lowest BCUT2D eigenvalue weighted by atomic mass is 10.0. The van der Waals surface area contributed by atoms with Crippen LogP contribution in [0.2, 0.25) is 0 Å². The highest BCUT2D eigenvalue weighted by Gasteiger charge is 2.32. The van der Waals surface area contributed by atoms with E-state index in [0.717, 1.165) is 26.2 Å². The molecule has 2 aliphatic heterocycles. The number of carbonyl (C=O) groups excluding carboxylic acids is 1. The standard InChI is InChI=1S/C35H42F2N10O2/c1-7-26(48)45-15-16-46(21(6)18-45)32-22-17-24(37)30(27-23(36)9-8-10-25(27)38)40-33(22)47(35(49)43-32)31-28(19(2)3)41-34(42-29(31)20(4)5)44-13-11-39-12-14-44/h7-10,17,19-21,39H,1,11-16,18,38H2,2-6H3/t21-/m0/s1. The highest BCUT2D eigenvalue weighted by Crippen LogP contribution is 2.37. The second kappa shape index (κ2) is 13.5. The van der Waals surface area contributed by atoms with Crippen molar-refractivity contribution < 1.29 is 13.6 Å². The van der Waals surface area contributed by atoms with Crippen LogP contribution in [0.3, 0.4) is 0 Å². The van der Waals surface area contributed by atoms with Crippen LogP contribution in [-0.2, 0) is 4.79 Å². The summed E-state index contributed by atoms with van der Waals surface area (Å²) in [4.78, 5) is 51.8. The summed E-state index contributed by atoms with van der Waals surface area (Å²) in [5.74, 6) is -1.31. The Balaban J connectivity index is 1.66. The van der Waals surface area contributed by atoms with Crippen LogP contribution in [0, 0.1) is 11.6 Å². The van der Waals surface area contributed by atoms with E-state index in [9.17, 15) is 9.59 Å². The molecule has 1 atom stereocenters. The van der Waals surface area contributed by atoms with Crippen molar-refractivity contribution in [2.75, 3.05) is 61.3 Å². The van der Waals surface area contributed by atoms with Crippen molar-refractivity contribution in [2.45, 2.75) is 52.5 Å². The van der Waals surface area contributed by atoms with Gasteiger partial charge in [-0.1, -0.05) is 40.3 Å². The summed E-state index contributed by atoms with van der Waals surface area (Å²) in [6, 6.07) is 5.04. The predicted molar refractivity (Wildman–Crippen MR) is 187 cm³/mol. The van der Waals surface area contributed by atoms with Crippen molar-refractivity contribution in [3.8, 4) is 16.9 Å². The van der Waals surface area contributed by atoms with E-state index in [-0.39, 0.29) is 57.6 Å². The second-order valence-electron chi connectivity index (χ2n) is 13.2. The first-order valence-electron chi connectivity index (χ1n) is 16.6. The molecule has 4 aromatic rings. The number of amides is 1. The predicted octanol–water partition coefficient (Wildman–Crippen LogP) is 3.98. The van der Waals surface area contributed by atoms with Crippen molar-refractivity contribution in [3.63, 3.8) is 0 Å². The average Bonchev–Trinajstić information content (AvgIpc) is 3.08. The number of halogens is 2. The Morgan fingerprint density at radius 3 is 2.27 bits per heavy atom. The number of anilines is 3. The number of pyridine rings is 1. The number of piperazine rings is 2. The van der Waals surface area contributed by atoms with Crippen LogP contribution >= 0.6 is 0 Å². The molecular weight excluding hydrogens is 630 g/mol. The van der Waals surface area contributed by atoms with Gasteiger partial charge in [0.2, 0.25) is 11.9 Å². The zero-order valence-corrected chi connectivity index (χ0v) is 28.5. The Morgan fingerprint density at radius 2 is 1.67 bits per heavy atom. The fourth-order valence-electron chi connectivity index (χ4n) is 6.61. The molecule has 6 rings (SSSR count). The summed E-state index contributed by atoms with van der Waals surface area (Å²) in [7, 11) is 0. The SMILES string of the molecule is C=CC(=O)N1CCN(c2nc(=O)n(-c3c(C(C)C)nc(N4CCNCC4)nc3C(C)C)c3nc(-c4c(N)cccc4F)c(F)cc23)[C@@H](C)C1. The van der Waals surface area contributed by atoms with Gasteiger partial charge < -0.3 is 25.8 Å². The minimum Gasteiger partial charge on any atom is -0.398 e. The molecule has 0 bridgehead atoms. The van der Waals surface area contributed by atoms with Gasteiger partial charge in [-0.05, 0) is 43.0 Å². The lowest BCUT2D eigenvalue weighted by Gasteiger charge is -2.40. The summed E-state index contributed by atoms with van der Waals surface area (Å²) >= 11 is 0. The third-order valence-electron chi connectivity index (χ3n) is 9.11. The highest BCUT2D eigenvalue weighted by molar-refractivity contribution is 5.92. The molecule has 1 amide bonds.